The standard InChI is InChI=1S/C16H15IN2O3/c1-2-22-15(20)11-4-3-5-14(10-11)19-16(21)18-13-8-6-12(17)7-9-13/h3-10H,2H2,1H3,(H2,18,19,21). The number of rotatable bonds is 4. The lowest BCUT2D eigenvalue weighted by molar-refractivity contribution is 0.0526. The molecule has 0 atom stereocenters. The summed E-state index contributed by atoms with van der Waals surface area (Å²) in [4.78, 5) is 23.6. The minimum Gasteiger partial charge on any atom is -0.462 e. The highest BCUT2D eigenvalue weighted by atomic mass is 127. The number of hydrogen-bond donors (Lipinski definition) is 2. The molecule has 0 heterocycles. The summed E-state index contributed by atoms with van der Waals surface area (Å²) in [6.45, 7) is 2.05. The van der Waals surface area contributed by atoms with E-state index in [4.69, 9.17) is 4.74 Å². The van der Waals surface area contributed by atoms with Gasteiger partial charge in [-0.1, -0.05) is 6.07 Å². The van der Waals surface area contributed by atoms with E-state index < -0.39 is 5.97 Å². The Kier molecular flexibility index (Phi) is 5.76. The van der Waals surface area contributed by atoms with Crippen molar-refractivity contribution in [1.82, 2.24) is 0 Å². The highest BCUT2D eigenvalue weighted by molar-refractivity contribution is 14.1. The fourth-order valence-corrected chi connectivity index (χ4v) is 2.12. The van der Waals surface area contributed by atoms with Gasteiger partial charge in [-0.25, -0.2) is 9.59 Å². The zero-order valence-corrected chi connectivity index (χ0v) is 14.1. The van der Waals surface area contributed by atoms with Gasteiger partial charge in [0.1, 0.15) is 0 Å². The van der Waals surface area contributed by atoms with Gasteiger partial charge in [0, 0.05) is 14.9 Å². The molecule has 0 saturated carbocycles. The van der Waals surface area contributed by atoms with E-state index in [0.717, 1.165) is 3.57 Å². The summed E-state index contributed by atoms with van der Waals surface area (Å²) in [7, 11) is 0. The molecule has 0 aromatic heterocycles. The van der Waals surface area contributed by atoms with Gasteiger partial charge < -0.3 is 15.4 Å². The molecule has 0 aliphatic carbocycles. The van der Waals surface area contributed by atoms with Gasteiger partial charge in [0.25, 0.3) is 0 Å². The summed E-state index contributed by atoms with van der Waals surface area (Å²) in [5.41, 5.74) is 1.61. The van der Waals surface area contributed by atoms with Crippen LogP contribution in [-0.4, -0.2) is 18.6 Å². The highest BCUT2D eigenvalue weighted by Crippen LogP contribution is 2.14. The van der Waals surface area contributed by atoms with E-state index in [0.29, 0.717) is 23.5 Å². The van der Waals surface area contributed by atoms with E-state index in [-0.39, 0.29) is 6.03 Å². The van der Waals surface area contributed by atoms with Crippen molar-refractivity contribution in [2.45, 2.75) is 6.92 Å². The molecule has 0 aliphatic rings. The Morgan fingerprint density at radius 3 is 2.41 bits per heavy atom. The normalized spacial score (nSPS) is 9.91. The topological polar surface area (TPSA) is 67.4 Å². The number of carbonyl (C=O) groups is 2. The van der Waals surface area contributed by atoms with Crippen LogP contribution in [0.5, 0.6) is 0 Å². The summed E-state index contributed by atoms with van der Waals surface area (Å²) >= 11 is 2.19. The fourth-order valence-electron chi connectivity index (χ4n) is 1.77. The SMILES string of the molecule is CCOC(=O)c1cccc(NC(=O)Nc2ccc(I)cc2)c1. The molecule has 114 valence electrons. The monoisotopic (exact) mass is 410 g/mol. The van der Waals surface area contributed by atoms with Crippen molar-refractivity contribution in [3.8, 4) is 0 Å². The third-order valence-electron chi connectivity index (χ3n) is 2.73. The summed E-state index contributed by atoms with van der Waals surface area (Å²) in [6.07, 6.45) is 0. The van der Waals surface area contributed by atoms with Gasteiger partial charge >= 0.3 is 12.0 Å². The van der Waals surface area contributed by atoms with E-state index in [2.05, 4.69) is 33.2 Å². The van der Waals surface area contributed by atoms with Crippen LogP contribution in [0.15, 0.2) is 48.5 Å². The fraction of sp³-hybridized carbons (Fsp3) is 0.125. The number of carbonyl (C=O) groups excluding carboxylic acids is 2. The molecule has 0 bridgehead atoms. The van der Waals surface area contributed by atoms with Gasteiger partial charge in [-0.15, -0.1) is 0 Å². The van der Waals surface area contributed by atoms with Gasteiger partial charge in [-0.3, -0.25) is 0 Å². The molecule has 2 rings (SSSR count). The van der Waals surface area contributed by atoms with Crippen LogP contribution in [0.2, 0.25) is 0 Å². The second kappa shape index (κ2) is 7.79. The highest BCUT2D eigenvalue weighted by Gasteiger charge is 2.08. The molecular weight excluding hydrogens is 395 g/mol. The van der Waals surface area contributed by atoms with Crippen molar-refractivity contribution < 1.29 is 14.3 Å². The van der Waals surface area contributed by atoms with E-state index in [1.54, 1.807) is 31.2 Å². The number of benzene rings is 2. The largest absolute Gasteiger partial charge is 0.462 e. The quantitative estimate of drug-likeness (QED) is 0.589. The molecular formula is C16H15IN2O3. The lowest BCUT2D eigenvalue weighted by atomic mass is 10.2. The second-order valence-corrected chi connectivity index (χ2v) is 5.63. The number of esters is 1. The lowest BCUT2D eigenvalue weighted by Crippen LogP contribution is -2.19. The van der Waals surface area contributed by atoms with Gasteiger partial charge in [-0.2, -0.15) is 0 Å². The zero-order chi connectivity index (χ0) is 15.9. The minimum absolute atomic E-state index is 0.309. The van der Waals surface area contributed by atoms with Crippen LogP contribution in [0.3, 0.4) is 0 Å². The van der Waals surface area contributed by atoms with Crippen LogP contribution in [0, 0.1) is 3.57 Å². The second-order valence-electron chi connectivity index (χ2n) is 4.39. The predicted molar refractivity (Wildman–Crippen MR) is 94.2 cm³/mol. The van der Waals surface area contributed by atoms with Crippen molar-refractivity contribution >= 4 is 46.0 Å². The Hall–Kier alpha value is -2.09. The average Bonchev–Trinajstić information content (AvgIpc) is 2.50. The summed E-state index contributed by atoms with van der Waals surface area (Å²) in [5.74, 6) is -0.413. The maximum atomic E-state index is 11.9. The van der Waals surface area contributed by atoms with Crippen molar-refractivity contribution in [1.29, 1.82) is 0 Å². The number of nitrogens with one attached hydrogen (secondary N) is 2. The van der Waals surface area contributed by atoms with Crippen LogP contribution < -0.4 is 10.6 Å². The average molecular weight is 410 g/mol. The number of ether oxygens (including phenoxy) is 1. The van der Waals surface area contributed by atoms with Crippen LogP contribution >= 0.6 is 22.6 Å². The number of amides is 2. The van der Waals surface area contributed by atoms with E-state index in [1.165, 1.54) is 0 Å². The Morgan fingerprint density at radius 2 is 1.73 bits per heavy atom. The molecule has 2 amide bonds. The first-order chi connectivity index (χ1) is 10.6. The summed E-state index contributed by atoms with van der Waals surface area (Å²) < 4.78 is 6.02. The molecule has 0 unspecified atom stereocenters. The third-order valence-corrected chi connectivity index (χ3v) is 3.45. The lowest BCUT2D eigenvalue weighted by Gasteiger charge is -2.09. The summed E-state index contributed by atoms with van der Waals surface area (Å²) in [5, 5.41) is 5.40. The third kappa shape index (κ3) is 4.73. The first kappa shape index (κ1) is 16.3. The van der Waals surface area contributed by atoms with Crippen LogP contribution in [0.25, 0.3) is 0 Å². The molecule has 5 nitrogen and oxygen atoms in total. The Labute approximate surface area is 142 Å². The number of anilines is 2. The first-order valence-electron chi connectivity index (χ1n) is 6.69. The van der Waals surface area contributed by atoms with E-state index in [1.807, 2.05) is 24.3 Å². The van der Waals surface area contributed by atoms with Crippen LogP contribution in [-0.2, 0) is 4.74 Å². The Balaban J connectivity index is 2.00. The molecule has 22 heavy (non-hydrogen) atoms. The molecule has 0 aliphatic heterocycles. The van der Waals surface area contributed by atoms with Crippen molar-refractivity contribution in [3.05, 3.63) is 57.7 Å². The van der Waals surface area contributed by atoms with Crippen molar-refractivity contribution in [2.75, 3.05) is 17.2 Å². The molecule has 0 fully saturated rings. The zero-order valence-electron chi connectivity index (χ0n) is 11.9. The molecule has 2 N–H and O–H groups in total. The van der Waals surface area contributed by atoms with Gasteiger partial charge in [0.2, 0.25) is 0 Å². The van der Waals surface area contributed by atoms with Crippen molar-refractivity contribution in [3.63, 3.8) is 0 Å². The molecule has 6 heteroatoms. The number of halogens is 1. The first-order valence-corrected chi connectivity index (χ1v) is 7.77. The maximum Gasteiger partial charge on any atom is 0.338 e. The van der Waals surface area contributed by atoms with Crippen LogP contribution in [0.4, 0.5) is 16.2 Å². The molecule has 2 aromatic rings. The number of hydrogen-bond acceptors (Lipinski definition) is 3. The number of urea groups is 1. The predicted octanol–water partition coefficient (Wildman–Crippen LogP) is 4.11. The maximum absolute atomic E-state index is 11.9. The summed E-state index contributed by atoms with van der Waals surface area (Å²) in [6, 6.07) is 13.7. The van der Waals surface area contributed by atoms with E-state index >= 15 is 0 Å². The van der Waals surface area contributed by atoms with Crippen molar-refractivity contribution in [2.24, 2.45) is 0 Å². The molecule has 0 spiro atoms. The Morgan fingerprint density at radius 1 is 1.05 bits per heavy atom. The van der Waals surface area contributed by atoms with Crippen LogP contribution in [0.1, 0.15) is 17.3 Å². The van der Waals surface area contributed by atoms with E-state index in [9.17, 15) is 9.59 Å². The molecule has 0 saturated heterocycles. The molecule has 0 radical (unpaired) electrons. The van der Waals surface area contributed by atoms with Gasteiger partial charge in [0.05, 0.1) is 12.2 Å². The minimum atomic E-state index is -0.413. The smallest absolute Gasteiger partial charge is 0.338 e. The molecule has 2 aromatic carbocycles. The van der Waals surface area contributed by atoms with Gasteiger partial charge in [0.15, 0.2) is 0 Å². The van der Waals surface area contributed by atoms with Gasteiger partial charge in [-0.05, 0) is 72.0 Å². The Bertz CT molecular complexity index is 671.